The molecule has 1 fully saturated rings. The van der Waals surface area contributed by atoms with Crippen LogP contribution in [0.4, 0.5) is 16.2 Å². The second kappa shape index (κ2) is 7.38. The van der Waals surface area contributed by atoms with Crippen molar-refractivity contribution in [3.05, 3.63) is 12.0 Å². The summed E-state index contributed by atoms with van der Waals surface area (Å²) < 4.78 is 14.0. The monoisotopic (exact) mass is 282 g/mol. The van der Waals surface area contributed by atoms with Gasteiger partial charge in [-0.05, 0) is 19.3 Å². The number of nitrogens with zero attached hydrogens (tertiary/aromatic N) is 3. The number of hydrogen-bond acceptors (Lipinski definition) is 5. The molecule has 1 unspecified atom stereocenters. The molecule has 0 radical (unpaired) electrons. The molecular formula is C14H23FN4O. The first-order valence-corrected chi connectivity index (χ1v) is 7.40. The summed E-state index contributed by atoms with van der Waals surface area (Å²) in [6, 6.07) is -0.0547. The van der Waals surface area contributed by atoms with E-state index in [4.69, 9.17) is 0 Å². The Morgan fingerprint density at radius 2 is 2.30 bits per heavy atom. The average Bonchev–Trinajstić information content (AvgIpc) is 2.71. The SMILES string of the molecule is CCCNc1ncc(F)c(N2CCCCCC2CO)n1. The summed E-state index contributed by atoms with van der Waals surface area (Å²) in [5, 5.41) is 12.6. The van der Waals surface area contributed by atoms with Crippen LogP contribution in [0.3, 0.4) is 0 Å². The van der Waals surface area contributed by atoms with Crippen molar-refractivity contribution in [2.45, 2.75) is 45.1 Å². The fourth-order valence-corrected chi connectivity index (χ4v) is 2.53. The first-order valence-electron chi connectivity index (χ1n) is 7.40. The minimum Gasteiger partial charge on any atom is -0.394 e. The van der Waals surface area contributed by atoms with Crippen molar-refractivity contribution in [2.24, 2.45) is 0 Å². The zero-order valence-electron chi connectivity index (χ0n) is 12.0. The van der Waals surface area contributed by atoms with Gasteiger partial charge in [-0.2, -0.15) is 4.98 Å². The quantitative estimate of drug-likeness (QED) is 0.866. The molecule has 1 aromatic heterocycles. The molecule has 0 spiro atoms. The lowest BCUT2D eigenvalue weighted by Crippen LogP contribution is -2.39. The Kier molecular flexibility index (Phi) is 5.52. The molecule has 0 bridgehead atoms. The van der Waals surface area contributed by atoms with Gasteiger partial charge in [-0.1, -0.05) is 19.8 Å². The van der Waals surface area contributed by atoms with E-state index < -0.39 is 5.82 Å². The van der Waals surface area contributed by atoms with Crippen LogP contribution in [0.25, 0.3) is 0 Å². The van der Waals surface area contributed by atoms with Crippen LogP contribution in [0.15, 0.2) is 6.20 Å². The van der Waals surface area contributed by atoms with Crippen molar-refractivity contribution in [3.63, 3.8) is 0 Å². The van der Waals surface area contributed by atoms with Gasteiger partial charge in [0.05, 0.1) is 18.8 Å². The Labute approximate surface area is 119 Å². The number of halogens is 1. The summed E-state index contributed by atoms with van der Waals surface area (Å²) in [6.45, 7) is 3.57. The largest absolute Gasteiger partial charge is 0.394 e. The van der Waals surface area contributed by atoms with Gasteiger partial charge in [0.15, 0.2) is 11.6 Å². The number of hydrogen-bond donors (Lipinski definition) is 2. The molecule has 112 valence electrons. The molecule has 1 atom stereocenters. The lowest BCUT2D eigenvalue weighted by Gasteiger charge is -2.30. The summed E-state index contributed by atoms with van der Waals surface area (Å²) in [7, 11) is 0. The third-order valence-electron chi connectivity index (χ3n) is 3.62. The number of anilines is 2. The highest BCUT2D eigenvalue weighted by molar-refractivity contribution is 5.45. The lowest BCUT2D eigenvalue weighted by atomic mass is 10.1. The molecule has 2 rings (SSSR count). The predicted molar refractivity (Wildman–Crippen MR) is 77.5 cm³/mol. The van der Waals surface area contributed by atoms with Crippen molar-refractivity contribution in [1.29, 1.82) is 0 Å². The highest BCUT2D eigenvalue weighted by atomic mass is 19.1. The molecule has 2 N–H and O–H groups in total. The molecule has 1 saturated heterocycles. The van der Waals surface area contributed by atoms with E-state index in [-0.39, 0.29) is 12.6 Å². The Bertz CT molecular complexity index is 430. The Balaban J connectivity index is 2.23. The number of aliphatic hydroxyl groups excluding tert-OH is 1. The average molecular weight is 282 g/mol. The van der Waals surface area contributed by atoms with E-state index in [9.17, 15) is 9.50 Å². The molecule has 1 aromatic rings. The smallest absolute Gasteiger partial charge is 0.224 e. The summed E-state index contributed by atoms with van der Waals surface area (Å²) in [4.78, 5) is 10.1. The summed E-state index contributed by atoms with van der Waals surface area (Å²) in [5.74, 6) is 0.330. The summed E-state index contributed by atoms with van der Waals surface area (Å²) in [6.07, 6.45) is 6.21. The predicted octanol–water partition coefficient (Wildman–Crippen LogP) is 2.18. The summed E-state index contributed by atoms with van der Waals surface area (Å²) in [5.41, 5.74) is 0. The topological polar surface area (TPSA) is 61.3 Å². The van der Waals surface area contributed by atoms with Gasteiger partial charge in [-0.3, -0.25) is 0 Å². The van der Waals surface area contributed by atoms with Crippen LogP contribution in [0.5, 0.6) is 0 Å². The van der Waals surface area contributed by atoms with Gasteiger partial charge in [-0.15, -0.1) is 0 Å². The maximum Gasteiger partial charge on any atom is 0.224 e. The third-order valence-corrected chi connectivity index (χ3v) is 3.62. The molecule has 0 aliphatic carbocycles. The Morgan fingerprint density at radius 1 is 1.45 bits per heavy atom. The second-order valence-corrected chi connectivity index (χ2v) is 5.17. The standard InChI is InChI=1S/C14H23FN4O/c1-2-7-16-14-17-9-12(15)13(18-14)19-8-5-3-4-6-11(19)10-20/h9,11,20H,2-8,10H2,1H3,(H,16,17,18). The molecule has 6 heteroatoms. The minimum atomic E-state index is -0.424. The van der Waals surface area contributed by atoms with Crippen LogP contribution in [-0.4, -0.2) is 40.8 Å². The summed E-state index contributed by atoms with van der Waals surface area (Å²) >= 11 is 0. The van der Waals surface area contributed by atoms with Gasteiger partial charge in [0.1, 0.15) is 0 Å². The molecule has 2 heterocycles. The maximum atomic E-state index is 14.0. The van der Waals surface area contributed by atoms with E-state index in [0.29, 0.717) is 11.8 Å². The van der Waals surface area contributed by atoms with Gasteiger partial charge in [0.25, 0.3) is 0 Å². The van der Waals surface area contributed by atoms with E-state index in [2.05, 4.69) is 15.3 Å². The van der Waals surface area contributed by atoms with E-state index in [1.165, 1.54) is 6.20 Å². The van der Waals surface area contributed by atoms with Crippen LogP contribution in [0, 0.1) is 5.82 Å². The molecule has 1 aliphatic heterocycles. The van der Waals surface area contributed by atoms with Gasteiger partial charge in [-0.25, -0.2) is 9.37 Å². The molecule has 0 aromatic carbocycles. The minimum absolute atomic E-state index is 0.0289. The zero-order valence-corrected chi connectivity index (χ0v) is 12.0. The third kappa shape index (κ3) is 3.56. The number of aliphatic hydroxyl groups is 1. The van der Waals surface area contributed by atoms with Crippen LogP contribution in [-0.2, 0) is 0 Å². The van der Waals surface area contributed by atoms with E-state index in [1.54, 1.807) is 0 Å². The van der Waals surface area contributed by atoms with Gasteiger partial charge in [0, 0.05) is 13.1 Å². The van der Waals surface area contributed by atoms with E-state index in [1.807, 2.05) is 11.8 Å². The van der Waals surface area contributed by atoms with E-state index in [0.717, 1.165) is 45.2 Å². The number of aromatic nitrogens is 2. The van der Waals surface area contributed by atoms with Crippen LogP contribution in [0.1, 0.15) is 39.0 Å². The number of nitrogens with one attached hydrogen (secondary N) is 1. The van der Waals surface area contributed by atoms with Gasteiger partial charge in [0.2, 0.25) is 5.95 Å². The van der Waals surface area contributed by atoms with E-state index >= 15 is 0 Å². The lowest BCUT2D eigenvalue weighted by molar-refractivity contribution is 0.254. The molecule has 0 saturated carbocycles. The first kappa shape index (κ1) is 15.0. The van der Waals surface area contributed by atoms with Crippen molar-refractivity contribution in [2.75, 3.05) is 29.9 Å². The van der Waals surface area contributed by atoms with Gasteiger partial charge < -0.3 is 15.3 Å². The molecule has 5 nitrogen and oxygen atoms in total. The van der Waals surface area contributed by atoms with Crippen molar-refractivity contribution >= 4 is 11.8 Å². The van der Waals surface area contributed by atoms with Crippen LogP contribution < -0.4 is 10.2 Å². The molecular weight excluding hydrogens is 259 g/mol. The Hall–Kier alpha value is -1.43. The Morgan fingerprint density at radius 3 is 3.05 bits per heavy atom. The highest BCUT2D eigenvalue weighted by Crippen LogP contribution is 2.25. The van der Waals surface area contributed by atoms with Crippen molar-refractivity contribution in [1.82, 2.24) is 9.97 Å². The maximum absolute atomic E-state index is 14.0. The molecule has 1 aliphatic rings. The zero-order chi connectivity index (χ0) is 14.4. The van der Waals surface area contributed by atoms with Crippen LogP contribution in [0.2, 0.25) is 0 Å². The highest BCUT2D eigenvalue weighted by Gasteiger charge is 2.24. The molecule has 20 heavy (non-hydrogen) atoms. The van der Waals surface area contributed by atoms with Crippen molar-refractivity contribution in [3.8, 4) is 0 Å². The fraction of sp³-hybridized carbons (Fsp3) is 0.714. The van der Waals surface area contributed by atoms with Gasteiger partial charge >= 0.3 is 0 Å². The van der Waals surface area contributed by atoms with Crippen LogP contribution >= 0.6 is 0 Å². The second-order valence-electron chi connectivity index (χ2n) is 5.17. The number of rotatable bonds is 5. The fourth-order valence-electron chi connectivity index (χ4n) is 2.53. The first-order chi connectivity index (χ1) is 9.76. The molecule has 0 amide bonds. The van der Waals surface area contributed by atoms with Crippen molar-refractivity contribution < 1.29 is 9.50 Å². The normalized spacial score (nSPS) is 19.8.